The normalized spacial score (nSPS) is 9.71. The molecule has 0 saturated heterocycles. The number of H-pyrrole nitrogens is 1. The number of aromatic amines is 1. The van der Waals surface area contributed by atoms with Crippen LogP contribution in [-0.2, 0) is 0 Å². The average Bonchev–Trinajstić information content (AvgIpc) is 3.11. The molecule has 0 aliphatic carbocycles. The summed E-state index contributed by atoms with van der Waals surface area (Å²) in [4.78, 5) is 25.1. The van der Waals surface area contributed by atoms with Gasteiger partial charge in [-0.2, -0.15) is 5.10 Å². The van der Waals surface area contributed by atoms with Gasteiger partial charge < -0.3 is 10.2 Å². The molecule has 0 aliphatic heterocycles. The fourth-order valence-electron chi connectivity index (χ4n) is 1.92. The van der Waals surface area contributed by atoms with Gasteiger partial charge in [0.25, 0.3) is 0 Å². The van der Waals surface area contributed by atoms with Crippen molar-refractivity contribution < 1.29 is 19.8 Å². The highest BCUT2D eigenvalue weighted by molar-refractivity contribution is 5.94. The summed E-state index contributed by atoms with van der Waals surface area (Å²) in [5, 5.41) is 24.0. The number of aryl methyl sites for hydroxylation is 1. The van der Waals surface area contributed by atoms with E-state index in [1.807, 2.05) is 18.2 Å². The summed E-state index contributed by atoms with van der Waals surface area (Å²) >= 11 is 0. The quantitative estimate of drug-likeness (QED) is 0.682. The lowest BCUT2D eigenvalue weighted by Crippen LogP contribution is -2.03. The number of hydrogen-bond acceptors (Lipinski definition) is 4. The Morgan fingerprint density at radius 2 is 1.88 bits per heavy atom. The molecule has 7 heteroatoms. The molecule has 2 aromatic heterocycles. The lowest BCUT2D eigenvalue weighted by molar-refractivity contribution is 0.0695. The smallest absolute Gasteiger partial charge is 0.335 e. The number of hydrogen-bond donors (Lipinski definition) is 3. The Hall–Kier alpha value is -3.48. The molecule has 0 unspecified atom stereocenters. The molecule has 0 atom stereocenters. The third kappa shape index (κ3) is 4.26. The van der Waals surface area contributed by atoms with Gasteiger partial charge in [-0.05, 0) is 42.8 Å². The molecular weight excluding hydrogens is 310 g/mol. The summed E-state index contributed by atoms with van der Waals surface area (Å²) < 4.78 is 0. The molecule has 122 valence electrons. The molecule has 7 nitrogen and oxygen atoms in total. The van der Waals surface area contributed by atoms with Crippen molar-refractivity contribution in [3.63, 3.8) is 0 Å². The number of aromatic nitrogens is 3. The highest BCUT2D eigenvalue weighted by atomic mass is 16.4. The van der Waals surface area contributed by atoms with Crippen LogP contribution < -0.4 is 0 Å². The maximum absolute atomic E-state index is 10.6. The fourth-order valence-corrected chi connectivity index (χ4v) is 1.92. The molecule has 3 rings (SSSR count). The van der Waals surface area contributed by atoms with Crippen molar-refractivity contribution in [3.05, 3.63) is 71.7 Å². The van der Waals surface area contributed by atoms with Gasteiger partial charge in [-0.3, -0.25) is 10.1 Å². The summed E-state index contributed by atoms with van der Waals surface area (Å²) in [7, 11) is 0. The molecule has 0 amide bonds. The van der Waals surface area contributed by atoms with Crippen LogP contribution in [-0.4, -0.2) is 37.3 Å². The zero-order chi connectivity index (χ0) is 17.5. The molecule has 3 aromatic rings. The molecule has 0 saturated carbocycles. The number of pyridine rings is 1. The Balaban J connectivity index is 0.000000175. The Morgan fingerprint density at radius 3 is 2.42 bits per heavy atom. The molecule has 2 heterocycles. The van der Waals surface area contributed by atoms with Crippen molar-refractivity contribution >= 4 is 11.9 Å². The summed E-state index contributed by atoms with van der Waals surface area (Å²) in [5.41, 5.74) is 2.53. The Labute approximate surface area is 137 Å². The van der Waals surface area contributed by atoms with Crippen LogP contribution in [0.3, 0.4) is 0 Å². The predicted octanol–water partition coefficient (Wildman–Crippen LogP) is 2.86. The van der Waals surface area contributed by atoms with Crippen LogP contribution in [0.2, 0.25) is 0 Å². The number of nitrogens with zero attached hydrogens (tertiary/aromatic N) is 2. The average molecular weight is 325 g/mol. The zero-order valence-corrected chi connectivity index (χ0v) is 12.8. The maximum Gasteiger partial charge on any atom is 0.335 e. The van der Waals surface area contributed by atoms with Gasteiger partial charge >= 0.3 is 11.9 Å². The molecule has 0 radical (unpaired) electrons. The molecule has 0 spiro atoms. The molecule has 3 N–H and O–H groups in total. The van der Waals surface area contributed by atoms with Gasteiger partial charge in [-0.25, -0.2) is 9.59 Å². The van der Waals surface area contributed by atoms with E-state index in [9.17, 15) is 9.59 Å². The van der Waals surface area contributed by atoms with Gasteiger partial charge in [0, 0.05) is 24.2 Å². The maximum atomic E-state index is 10.6. The van der Waals surface area contributed by atoms with Gasteiger partial charge in [0.05, 0.1) is 16.8 Å². The topological polar surface area (TPSA) is 116 Å². The molecule has 0 aliphatic rings. The monoisotopic (exact) mass is 325 g/mol. The fraction of sp³-hybridized carbons (Fsp3) is 0.0588. The third-order valence-corrected chi connectivity index (χ3v) is 3.17. The second kappa shape index (κ2) is 7.68. The van der Waals surface area contributed by atoms with E-state index < -0.39 is 11.9 Å². The van der Waals surface area contributed by atoms with E-state index in [4.69, 9.17) is 10.2 Å². The van der Waals surface area contributed by atoms with E-state index in [2.05, 4.69) is 15.2 Å². The van der Waals surface area contributed by atoms with E-state index >= 15 is 0 Å². The Bertz CT molecular complexity index is 830. The van der Waals surface area contributed by atoms with Gasteiger partial charge in [0.2, 0.25) is 0 Å². The van der Waals surface area contributed by atoms with Crippen LogP contribution in [0.5, 0.6) is 0 Å². The minimum Gasteiger partial charge on any atom is -0.478 e. The first-order chi connectivity index (χ1) is 11.5. The van der Waals surface area contributed by atoms with Crippen LogP contribution in [0.15, 0.2) is 55.0 Å². The molecule has 1 aromatic carbocycles. The Kier molecular flexibility index (Phi) is 5.40. The van der Waals surface area contributed by atoms with E-state index in [0.717, 1.165) is 17.3 Å². The van der Waals surface area contributed by atoms with E-state index in [-0.39, 0.29) is 11.1 Å². The minimum atomic E-state index is -1.12. The SMILES string of the molecule is Cc1ccc(C(=O)O)cc1C(=O)O.c1cncc(-c2cc[nH]n2)c1. The number of aromatic carboxylic acids is 2. The molecular formula is C17H15N3O4. The predicted molar refractivity (Wildman–Crippen MR) is 86.9 cm³/mol. The number of carboxylic acids is 2. The van der Waals surface area contributed by atoms with E-state index in [1.165, 1.54) is 12.1 Å². The summed E-state index contributed by atoms with van der Waals surface area (Å²) in [6, 6.07) is 9.79. The van der Waals surface area contributed by atoms with Gasteiger partial charge in [0.1, 0.15) is 0 Å². The second-order valence-corrected chi connectivity index (χ2v) is 4.84. The van der Waals surface area contributed by atoms with Crippen molar-refractivity contribution in [2.45, 2.75) is 6.92 Å². The largest absolute Gasteiger partial charge is 0.478 e. The number of rotatable bonds is 3. The molecule has 0 fully saturated rings. The first-order valence-electron chi connectivity index (χ1n) is 6.96. The third-order valence-electron chi connectivity index (χ3n) is 3.17. The number of nitrogens with one attached hydrogen (secondary N) is 1. The van der Waals surface area contributed by atoms with Crippen LogP contribution in [0.1, 0.15) is 26.3 Å². The van der Waals surface area contributed by atoms with Crippen LogP contribution in [0.25, 0.3) is 11.3 Å². The van der Waals surface area contributed by atoms with Crippen molar-refractivity contribution in [3.8, 4) is 11.3 Å². The van der Waals surface area contributed by atoms with Crippen molar-refractivity contribution in [2.75, 3.05) is 0 Å². The summed E-state index contributed by atoms with van der Waals surface area (Å²) in [6.45, 7) is 1.62. The van der Waals surface area contributed by atoms with Gasteiger partial charge in [-0.15, -0.1) is 0 Å². The molecule has 24 heavy (non-hydrogen) atoms. The van der Waals surface area contributed by atoms with E-state index in [0.29, 0.717) is 5.56 Å². The highest BCUT2D eigenvalue weighted by Gasteiger charge is 2.10. The summed E-state index contributed by atoms with van der Waals surface area (Å²) in [6.07, 6.45) is 5.33. The first-order valence-corrected chi connectivity index (χ1v) is 6.96. The lowest BCUT2D eigenvalue weighted by atomic mass is 10.1. The standard InChI is InChI=1S/C9H8O4.C8H7N3/c1-5-2-3-6(8(10)11)4-7(5)9(12)13;1-2-7(6-9-4-1)8-3-5-10-11-8/h2-4H,1H3,(H,10,11)(H,12,13);1-6H,(H,10,11). The number of benzene rings is 1. The molecule has 0 bridgehead atoms. The first kappa shape index (κ1) is 16.9. The van der Waals surface area contributed by atoms with Crippen molar-refractivity contribution in [1.29, 1.82) is 0 Å². The lowest BCUT2D eigenvalue weighted by Gasteiger charge is -2.01. The highest BCUT2D eigenvalue weighted by Crippen LogP contribution is 2.12. The van der Waals surface area contributed by atoms with E-state index in [1.54, 1.807) is 25.5 Å². The van der Waals surface area contributed by atoms with Crippen LogP contribution in [0, 0.1) is 6.92 Å². The van der Waals surface area contributed by atoms with Gasteiger partial charge in [0.15, 0.2) is 0 Å². The van der Waals surface area contributed by atoms with Crippen LogP contribution >= 0.6 is 0 Å². The Morgan fingerprint density at radius 1 is 1.08 bits per heavy atom. The number of carboxylic acid groups (broad SMARTS) is 2. The van der Waals surface area contributed by atoms with Crippen molar-refractivity contribution in [1.82, 2.24) is 15.2 Å². The van der Waals surface area contributed by atoms with Crippen molar-refractivity contribution in [2.24, 2.45) is 0 Å². The second-order valence-electron chi connectivity index (χ2n) is 4.84. The number of carbonyl (C=O) groups is 2. The minimum absolute atomic E-state index is 0.0111. The van der Waals surface area contributed by atoms with Gasteiger partial charge in [-0.1, -0.05) is 6.07 Å². The van der Waals surface area contributed by atoms with Crippen LogP contribution in [0.4, 0.5) is 0 Å². The summed E-state index contributed by atoms with van der Waals surface area (Å²) in [5.74, 6) is -2.23. The zero-order valence-electron chi connectivity index (χ0n) is 12.8.